The van der Waals surface area contributed by atoms with E-state index in [4.69, 9.17) is 51.6 Å². The molecule has 3 fully saturated rings. The van der Waals surface area contributed by atoms with Crippen LogP contribution in [0.2, 0.25) is 0 Å². The number of nitrogens with zero attached hydrogens (tertiary/aromatic N) is 8. The summed E-state index contributed by atoms with van der Waals surface area (Å²) < 4.78 is 82.2. The third-order valence-electron chi connectivity index (χ3n) is 8.04. The van der Waals surface area contributed by atoms with Crippen LogP contribution in [0.1, 0.15) is 12.5 Å². The number of hydrogen-bond acceptors (Lipinski definition) is 18. The van der Waals surface area contributed by atoms with Crippen molar-refractivity contribution >= 4 is 71.5 Å². The molecule has 4 aromatic heterocycles. The van der Waals surface area contributed by atoms with Crippen LogP contribution in [0.25, 0.3) is 22.3 Å². The van der Waals surface area contributed by atoms with E-state index in [9.17, 15) is 9.46 Å². The van der Waals surface area contributed by atoms with E-state index in [1.165, 1.54) is 34.4 Å². The minimum absolute atomic E-state index is 0. The maximum absolute atomic E-state index is 16.2. The third-order valence-corrected chi connectivity index (χ3v) is 11.1. The number of anilines is 2. The molecule has 2 N–H and O–H groups in total. The Labute approximate surface area is 336 Å². The fourth-order valence-electron chi connectivity index (χ4n) is 5.86. The van der Waals surface area contributed by atoms with Gasteiger partial charge in [0.15, 0.2) is 65.6 Å². The summed E-state index contributed by atoms with van der Waals surface area (Å²) >= 11 is 10.2. The third kappa shape index (κ3) is 7.48. The van der Waals surface area contributed by atoms with Gasteiger partial charge in [0, 0.05) is 13.1 Å². The topological polar surface area (TPSA) is 207 Å². The van der Waals surface area contributed by atoms with Gasteiger partial charge in [0.2, 0.25) is 0 Å². The maximum Gasteiger partial charge on any atom is 1.00 e. The molecule has 256 valence electrons. The molecule has 9 rings (SSSR count). The summed E-state index contributed by atoms with van der Waals surface area (Å²) in [5.41, 5.74) is 1.02. The summed E-state index contributed by atoms with van der Waals surface area (Å²) in [6.07, 6.45) is -4.21. The Kier molecular flexibility index (Phi) is 12.1. The smallest absolute Gasteiger partial charge is 0.780 e. The molecule has 14 bridgehead atoms. The second-order valence-electron chi connectivity index (χ2n) is 11.0. The zero-order chi connectivity index (χ0) is 33.2. The number of aromatic nitrogens is 8. The molecule has 0 saturated carbocycles. The van der Waals surface area contributed by atoms with Crippen LogP contribution in [0.3, 0.4) is 0 Å². The van der Waals surface area contributed by atoms with Gasteiger partial charge >= 0.3 is 59.1 Å². The Morgan fingerprint density at radius 2 is 1.28 bits per heavy atom. The molecule has 10 atom stereocenters. The van der Waals surface area contributed by atoms with Crippen molar-refractivity contribution in [3.05, 3.63) is 37.5 Å². The van der Waals surface area contributed by atoms with E-state index in [0.29, 0.717) is 35.8 Å². The Bertz CT molecular complexity index is 1870. The molecule has 3 saturated heterocycles. The Morgan fingerprint density at radius 1 is 0.800 bits per heavy atom. The van der Waals surface area contributed by atoms with Gasteiger partial charge in [-0.05, 0) is 0 Å². The van der Waals surface area contributed by atoms with Crippen molar-refractivity contribution in [3.8, 4) is 0 Å². The first-order chi connectivity index (χ1) is 23.1. The summed E-state index contributed by atoms with van der Waals surface area (Å²) in [7, 11) is 0. The van der Waals surface area contributed by atoms with E-state index in [-0.39, 0.29) is 70.4 Å². The second-order valence-corrected chi connectivity index (χ2v) is 16.4. The predicted octanol–water partition coefficient (Wildman–Crippen LogP) is -4.40. The van der Waals surface area contributed by atoms with E-state index in [1.807, 2.05) is 12.2 Å². The molecular formula is C24H24F2N10Na2O8P2S2. The first-order valence-electron chi connectivity index (χ1n) is 14.4. The van der Waals surface area contributed by atoms with Crippen molar-refractivity contribution in [2.24, 2.45) is 0 Å². The van der Waals surface area contributed by atoms with Gasteiger partial charge in [-0.1, -0.05) is 24.0 Å². The van der Waals surface area contributed by atoms with Crippen molar-refractivity contribution < 1.29 is 105 Å². The summed E-state index contributed by atoms with van der Waals surface area (Å²) in [6.45, 7) is -9.67. The average Bonchev–Trinajstić information content (AvgIpc) is 3.81. The minimum atomic E-state index is -4.50. The zero-order valence-electron chi connectivity index (χ0n) is 26.2. The van der Waals surface area contributed by atoms with Gasteiger partial charge in [0.05, 0.1) is 25.9 Å². The van der Waals surface area contributed by atoms with Gasteiger partial charge in [-0.25, -0.2) is 38.7 Å². The molecule has 5 aliphatic rings. The fraction of sp³-hybridized carbons (Fsp3) is 0.500. The van der Waals surface area contributed by atoms with E-state index >= 15 is 8.78 Å². The molecular weight excluding hydrogens is 766 g/mol. The van der Waals surface area contributed by atoms with Crippen molar-refractivity contribution in [1.82, 2.24) is 39.0 Å². The number of halogens is 2. The molecule has 50 heavy (non-hydrogen) atoms. The standard InChI is InChI=1S/C24H26F2N10O8P2S2.2Na/c25-13-17-11-5-39-46(38,48)44-18-12(6-40-45(37,47)43-17)42-24(14(18)26)36-10-34-16-20(30-8-32-22(16)36)28-4-2-1-3-27-19-15-21(31-7-29-19)35(9-33-15)23(13)41-11;;/h1-2,7-14,17-18,23-24H,3-6H2,(H,37,47)(H,38,48)(H,27,29,31)(H,28,30,32);;/q;2*+1/p-2/t11-,12-,13-,14+,17-,18+,23-,24-,45?,46?;;/m1../s1. The maximum atomic E-state index is 16.2. The summed E-state index contributed by atoms with van der Waals surface area (Å²) in [5, 5.41) is 6.27. The largest absolute Gasteiger partial charge is 1.00 e. The molecule has 0 amide bonds. The Hall–Kier alpha value is -0.750. The number of ether oxygens (including phenoxy) is 2. The van der Waals surface area contributed by atoms with Crippen molar-refractivity contribution in [1.29, 1.82) is 0 Å². The van der Waals surface area contributed by atoms with Crippen LogP contribution in [0, 0.1) is 0 Å². The number of imidazole rings is 2. The van der Waals surface area contributed by atoms with Crippen LogP contribution in [0.4, 0.5) is 20.4 Å². The first-order valence-corrected chi connectivity index (χ1v) is 19.5. The molecule has 0 spiro atoms. The zero-order valence-corrected chi connectivity index (χ0v) is 33.6. The van der Waals surface area contributed by atoms with Crippen LogP contribution in [-0.4, -0.2) is 102 Å². The second kappa shape index (κ2) is 15.5. The summed E-state index contributed by atoms with van der Waals surface area (Å²) in [6, 6.07) is 0. The van der Waals surface area contributed by atoms with E-state index in [2.05, 4.69) is 40.5 Å². The number of rotatable bonds is 0. The average molecular weight is 791 g/mol. The number of alkyl halides is 2. The fourth-order valence-corrected chi connectivity index (χ4v) is 8.70. The van der Waals surface area contributed by atoms with E-state index < -0.39 is 75.9 Å². The van der Waals surface area contributed by atoms with Gasteiger partial charge in [-0.15, -0.1) is 0 Å². The molecule has 4 aromatic rings. The normalized spacial score (nSPS) is 35.8. The van der Waals surface area contributed by atoms with Crippen LogP contribution >= 0.6 is 13.5 Å². The summed E-state index contributed by atoms with van der Waals surface area (Å²) in [5.74, 6) is 0.727. The molecule has 18 nitrogen and oxygen atoms in total. The number of fused-ring (bicyclic) bond motifs is 10. The first kappa shape index (κ1) is 39.0. The van der Waals surface area contributed by atoms with E-state index in [1.54, 1.807) is 0 Å². The Balaban J connectivity index is 0.00000216. The Morgan fingerprint density at radius 3 is 1.80 bits per heavy atom. The predicted molar refractivity (Wildman–Crippen MR) is 165 cm³/mol. The van der Waals surface area contributed by atoms with Crippen molar-refractivity contribution in [2.75, 3.05) is 36.9 Å². The van der Waals surface area contributed by atoms with Gasteiger partial charge in [-0.3, -0.25) is 13.7 Å². The monoisotopic (exact) mass is 790 g/mol. The van der Waals surface area contributed by atoms with E-state index in [0.717, 1.165) is 0 Å². The van der Waals surface area contributed by atoms with Crippen LogP contribution in [0.15, 0.2) is 37.5 Å². The quantitative estimate of drug-likeness (QED) is 0.0747. The van der Waals surface area contributed by atoms with Gasteiger partial charge in [-0.2, -0.15) is 0 Å². The summed E-state index contributed by atoms with van der Waals surface area (Å²) in [4.78, 5) is 39.1. The van der Waals surface area contributed by atoms with Gasteiger partial charge < -0.3 is 55.3 Å². The SMILES string of the molecule is O=P1([S-])OC[C@H]2O[C@@H]3[C@@H](F)[C@H]2OP([O-])(=S)OC[C@H]2O[C@H]([C@H](F)[C@@H]2O1)n1cnc2c(ncnc21)NCC=CCNc1ncnc2c1ncn23.[Na+].[Na+]. The van der Waals surface area contributed by atoms with Gasteiger partial charge in [0.1, 0.15) is 43.8 Å². The number of nitrogens with one attached hydrogen (secondary N) is 2. The molecule has 0 aliphatic carbocycles. The van der Waals surface area contributed by atoms with Crippen LogP contribution < -0.4 is 74.6 Å². The number of hydrogen-bond donors (Lipinski definition) is 2. The molecule has 0 radical (unpaired) electrons. The van der Waals surface area contributed by atoms with Gasteiger partial charge in [0.25, 0.3) is 0 Å². The van der Waals surface area contributed by atoms with Crippen molar-refractivity contribution in [3.63, 3.8) is 0 Å². The minimum Gasteiger partial charge on any atom is -0.780 e. The molecule has 0 aromatic carbocycles. The van der Waals surface area contributed by atoms with Crippen LogP contribution in [-0.2, 0) is 56.2 Å². The molecule has 2 unspecified atom stereocenters. The molecule has 5 aliphatic heterocycles. The van der Waals surface area contributed by atoms with Crippen molar-refractivity contribution in [2.45, 2.75) is 49.2 Å². The molecule has 26 heteroatoms. The molecule has 9 heterocycles. The van der Waals surface area contributed by atoms with Crippen LogP contribution in [0.5, 0.6) is 0 Å².